The number of piperidine rings is 1. The predicted molar refractivity (Wildman–Crippen MR) is 71.3 cm³/mol. The summed E-state index contributed by atoms with van der Waals surface area (Å²) in [5.41, 5.74) is 0. The van der Waals surface area contributed by atoms with E-state index in [0.29, 0.717) is 6.10 Å². The number of hydrogen-bond acceptors (Lipinski definition) is 3. The van der Waals surface area contributed by atoms with Crippen LogP contribution in [0.15, 0.2) is 0 Å². The van der Waals surface area contributed by atoms with Gasteiger partial charge in [0.15, 0.2) is 0 Å². The Balaban J connectivity index is 1.76. The molecule has 0 spiro atoms. The summed E-state index contributed by atoms with van der Waals surface area (Å²) in [6.45, 7) is 5.46. The van der Waals surface area contributed by atoms with Crippen LogP contribution in [-0.4, -0.2) is 49.8 Å². The summed E-state index contributed by atoms with van der Waals surface area (Å²) in [5, 5.41) is 3.45. The van der Waals surface area contributed by atoms with Gasteiger partial charge in [-0.1, -0.05) is 6.42 Å². The maximum atomic E-state index is 5.72. The normalized spacial score (nSPS) is 32.8. The Morgan fingerprint density at radius 3 is 2.59 bits per heavy atom. The Morgan fingerprint density at radius 1 is 1.18 bits per heavy atom. The third kappa shape index (κ3) is 3.67. The number of rotatable bonds is 4. The quantitative estimate of drug-likeness (QED) is 0.813. The van der Waals surface area contributed by atoms with E-state index >= 15 is 0 Å². The SMILES string of the molecule is CCOC1CCN(C2CCCC(NC)C2)CC1. The van der Waals surface area contributed by atoms with E-state index in [2.05, 4.69) is 24.2 Å². The van der Waals surface area contributed by atoms with Crippen molar-refractivity contribution in [1.82, 2.24) is 10.2 Å². The Hall–Kier alpha value is -0.120. The minimum atomic E-state index is 0.528. The highest BCUT2D eigenvalue weighted by molar-refractivity contribution is 4.85. The average molecular weight is 240 g/mol. The second-order valence-electron chi connectivity index (χ2n) is 5.50. The van der Waals surface area contributed by atoms with Gasteiger partial charge in [-0.15, -0.1) is 0 Å². The van der Waals surface area contributed by atoms with E-state index in [0.717, 1.165) is 18.7 Å². The standard InChI is InChI=1S/C14H28N2O/c1-3-17-14-7-9-16(10-8-14)13-6-4-5-12(11-13)15-2/h12-15H,3-11H2,1-2H3. The molecule has 0 aromatic carbocycles. The van der Waals surface area contributed by atoms with E-state index in [9.17, 15) is 0 Å². The summed E-state index contributed by atoms with van der Waals surface area (Å²) in [6, 6.07) is 1.57. The molecule has 0 radical (unpaired) electrons. The van der Waals surface area contributed by atoms with Gasteiger partial charge in [0.05, 0.1) is 6.10 Å². The summed E-state index contributed by atoms with van der Waals surface area (Å²) < 4.78 is 5.72. The molecule has 1 aliphatic carbocycles. The molecule has 1 saturated carbocycles. The number of hydrogen-bond donors (Lipinski definition) is 1. The molecule has 3 nitrogen and oxygen atoms in total. The molecule has 0 bridgehead atoms. The second kappa shape index (κ2) is 6.72. The number of likely N-dealkylation sites (tertiary alicyclic amines) is 1. The summed E-state index contributed by atoms with van der Waals surface area (Å²) in [7, 11) is 2.11. The van der Waals surface area contributed by atoms with Crippen molar-refractivity contribution in [2.24, 2.45) is 0 Å². The number of nitrogens with one attached hydrogen (secondary N) is 1. The van der Waals surface area contributed by atoms with Crippen LogP contribution in [0.3, 0.4) is 0 Å². The van der Waals surface area contributed by atoms with Gasteiger partial charge in [0.25, 0.3) is 0 Å². The molecule has 2 unspecified atom stereocenters. The molecule has 0 amide bonds. The Kier molecular flexibility index (Phi) is 5.26. The van der Waals surface area contributed by atoms with Gasteiger partial charge in [0, 0.05) is 31.8 Å². The van der Waals surface area contributed by atoms with Crippen LogP contribution in [0.4, 0.5) is 0 Å². The van der Waals surface area contributed by atoms with Gasteiger partial charge in [-0.25, -0.2) is 0 Å². The first-order valence-corrected chi connectivity index (χ1v) is 7.36. The Bertz CT molecular complexity index is 214. The molecular formula is C14H28N2O. The molecule has 1 saturated heterocycles. The molecule has 100 valence electrons. The highest BCUT2D eigenvalue weighted by atomic mass is 16.5. The van der Waals surface area contributed by atoms with Crippen LogP contribution >= 0.6 is 0 Å². The van der Waals surface area contributed by atoms with E-state index < -0.39 is 0 Å². The van der Waals surface area contributed by atoms with Gasteiger partial charge in [-0.3, -0.25) is 0 Å². The van der Waals surface area contributed by atoms with E-state index in [-0.39, 0.29) is 0 Å². The summed E-state index contributed by atoms with van der Waals surface area (Å²) >= 11 is 0. The Morgan fingerprint density at radius 2 is 1.94 bits per heavy atom. The van der Waals surface area contributed by atoms with Crippen LogP contribution in [-0.2, 0) is 4.74 Å². The van der Waals surface area contributed by atoms with Crippen molar-refractivity contribution in [3.63, 3.8) is 0 Å². The average Bonchev–Trinajstić information content (AvgIpc) is 2.40. The monoisotopic (exact) mass is 240 g/mol. The molecule has 0 aromatic rings. The molecule has 2 fully saturated rings. The number of nitrogens with zero attached hydrogens (tertiary/aromatic N) is 1. The summed E-state index contributed by atoms with van der Waals surface area (Å²) in [4.78, 5) is 2.71. The van der Waals surface area contributed by atoms with Crippen molar-refractivity contribution in [2.75, 3.05) is 26.7 Å². The lowest BCUT2D eigenvalue weighted by molar-refractivity contribution is -0.00189. The fraction of sp³-hybridized carbons (Fsp3) is 1.00. The van der Waals surface area contributed by atoms with Crippen molar-refractivity contribution >= 4 is 0 Å². The molecule has 1 aliphatic heterocycles. The van der Waals surface area contributed by atoms with Crippen molar-refractivity contribution in [3.8, 4) is 0 Å². The van der Waals surface area contributed by atoms with Crippen LogP contribution < -0.4 is 5.32 Å². The maximum Gasteiger partial charge on any atom is 0.0599 e. The van der Waals surface area contributed by atoms with Crippen molar-refractivity contribution in [3.05, 3.63) is 0 Å². The van der Waals surface area contributed by atoms with E-state index in [1.54, 1.807) is 0 Å². The zero-order valence-corrected chi connectivity index (χ0v) is 11.5. The third-order valence-corrected chi connectivity index (χ3v) is 4.45. The molecule has 2 rings (SSSR count). The van der Waals surface area contributed by atoms with Crippen LogP contribution in [0, 0.1) is 0 Å². The lowest BCUT2D eigenvalue weighted by Crippen LogP contribution is -2.47. The minimum absolute atomic E-state index is 0.528. The van der Waals surface area contributed by atoms with Gasteiger partial charge in [0.2, 0.25) is 0 Å². The first kappa shape index (κ1) is 13.3. The Labute approximate surface area is 106 Å². The van der Waals surface area contributed by atoms with Crippen LogP contribution in [0.5, 0.6) is 0 Å². The van der Waals surface area contributed by atoms with Crippen LogP contribution in [0.1, 0.15) is 45.4 Å². The fourth-order valence-electron chi connectivity index (χ4n) is 3.40. The molecular weight excluding hydrogens is 212 g/mol. The highest BCUT2D eigenvalue weighted by Gasteiger charge is 2.29. The van der Waals surface area contributed by atoms with E-state index in [4.69, 9.17) is 4.74 Å². The lowest BCUT2D eigenvalue weighted by atomic mass is 9.89. The highest BCUT2D eigenvalue weighted by Crippen LogP contribution is 2.26. The molecule has 2 atom stereocenters. The smallest absolute Gasteiger partial charge is 0.0599 e. The van der Waals surface area contributed by atoms with Gasteiger partial charge in [0.1, 0.15) is 0 Å². The number of ether oxygens (including phenoxy) is 1. The molecule has 1 heterocycles. The summed E-state index contributed by atoms with van der Waals surface area (Å²) in [6.07, 6.45) is 8.49. The topological polar surface area (TPSA) is 24.5 Å². The molecule has 0 aromatic heterocycles. The van der Waals surface area contributed by atoms with Crippen LogP contribution in [0.2, 0.25) is 0 Å². The predicted octanol–water partition coefficient (Wildman–Crippen LogP) is 2.02. The fourth-order valence-corrected chi connectivity index (χ4v) is 3.40. The van der Waals surface area contributed by atoms with E-state index in [1.807, 2.05) is 0 Å². The molecule has 1 N–H and O–H groups in total. The van der Waals surface area contributed by atoms with Gasteiger partial charge in [-0.2, -0.15) is 0 Å². The first-order valence-electron chi connectivity index (χ1n) is 7.36. The molecule has 17 heavy (non-hydrogen) atoms. The first-order chi connectivity index (χ1) is 8.33. The second-order valence-corrected chi connectivity index (χ2v) is 5.50. The zero-order valence-electron chi connectivity index (χ0n) is 11.5. The van der Waals surface area contributed by atoms with Crippen molar-refractivity contribution in [2.45, 2.75) is 63.6 Å². The van der Waals surface area contributed by atoms with Gasteiger partial charge in [-0.05, 0) is 46.1 Å². The van der Waals surface area contributed by atoms with Crippen molar-refractivity contribution < 1.29 is 4.74 Å². The van der Waals surface area contributed by atoms with Crippen LogP contribution in [0.25, 0.3) is 0 Å². The van der Waals surface area contributed by atoms with E-state index in [1.165, 1.54) is 51.6 Å². The van der Waals surface area contributed by atoms with Gasteiger partial charge >= 0.3 is 0 Å². The molecule has 3 heteroatoms. The summed E-state index contributed by atoms with van der Waals surface area (Å²) in [5.74, 6) is 0. The maximum absolute atomic E-state index is 5.72. The zero-order chi connectivity index (χ0) is 12.1. The minimum Gasteiger partial charge on any atom is -0.378 e. The molecule has 2 aliphatic rings. The van der Waals surface area contributed by atoms with Crippen molar-refractivity contribution in [1.29, 1.82) is 0 Å². The third-order valence-electron chi connectivity index (χ3n) is 4.45. The largest absolute Gasteiger partial charge is 0.378 e. The van der Waals surface area contributed by atoms with Gasteiger partial charge < -0.3 is 15.0 Å². The lowest BCUT2D eigenvalue weighted by Gasteiger charge is -2.41.